The fourth-order valence-electron chi connectivity index (χ4n) is 3.05. The van der Waals surface area contributed by atoms with Crippen molar-refractivity contribution in [2.45, 2.75) is 72.5 Å². The Morgan fingerprint density at radius 2 is 1.10 bits per heavy atom. The highest BCUT2D eigenvalue weighted by atomic mass is 16.5. The predicted molar refractivity (Wildman–Crippen MR) is 131 cm³/mol. The molecule has 0 radical (unpaired) electrons. The Morgan fingerprint density at radius 3 is 1.42 bits per heavy atom. The Morgan fingerprint density at radius 1 is 0.742 bits per heavy atom. The van der Waals surface area contributed by atoms with Crippen molar-refractivity contribution in [3.63, 3.8) is 0 Å². The molecule has 0 bridgehead atoms. The molecule has 0 saturated heterocycles. The monoisotopic (exact) mass is 430 g/mol. The first-order chi connectivity index (χ1) is 14.7. The van der Waals surface area contributed by atoms with E-state index in [0.29, 0.717) is 6.42 Å². The fraction of sp³-hybridized carbons (Fsp3) is 0.519. The van der Waals surface area contributed by atoms with Crippen LogP contribution >= 0.6 is 0 Å². The summed E-state index contributed by atoms with van der Waals surface area (Å²) in [5.74, 6) is -2.01. The predicted octanol–water partition coefficient (Wildman–Crippen LogP) is 6.36. The lowest BCUT2D eigenvalue weighted by Gasteiger charge is -2.33. The van der Waals surface area contributed by atoms with Gasteiger partial charge < -0.3 is 15.3 Å². The highest BCUT2D eigenvalue weighted by molar-refractivity contribution is 5.74. The molecule has 0 rings (SSSR count). The largest absolute Gasteiger partial charge is 0.481 e. The summed E-state index contributed by atoms with van der Waals surface area (Å²) in [5.41, 5.74) is -1.08. The van der Waals surface area contributed by atoms with E-state index in [0.717, 1.165) is 32.1 Å². The molecule has 4 heteroatoms. The van der Waals surface area contributed by atoms with Crippen LogP contribution in [0.25, 0.3) is 0 Å². The van der Waals surface area contributed by atoms with E-state index in [-0.39, 0.29) is 0 Å². The van der Waals surface area contributed by atoms with Gasteiger partial charge in [0.05, 0.1) is 5.41 Å². The molecule has 0 heterocycles. The number of aliphatic hydroxyl groups is 2. The summed E-state index contributed by atoms with van der Waals surface area (Å²) in [5, 5.41) is 28.4. The first-order valence-corrected chi connectivity index (χ1v) is 11.3. The highest BCUT2D eigenvalue weighted by Gasteiger charge is 2.40. The van der Waals surface area contributed by atoms with Crippen molar-refractivity contribution >= 4 is 5.97 Å². The molecule has 0 amide bonds. The lowest BCUT2D eigenvalue weighted by Crippen LogP contribution is -2.39. The van der Waals surface area contributed by atoms with Crippen LogP contribution in [-0.2, 0) is 4.79 Å². The summed E-state index contributed by atoms with van der Waals surface area (Å²) >= 11 is 0. The summed E-state index contributed by atoms with van der Waals surface area (Å²) in [6, 6.07) is 0. The van der Waals surface area contributed by atoms with Gasteiger partial charge in [-0.25, -0.2) is 0 Å². The third-order valence-corrected chi connectivity index (χ3v) is 5.19. The minimum atomic E-state index is -1.55. The zero-order chi connectivity index (χ0) is 23.5. The highest BCUT2D eigenvalue weighted by Crippen LogP contribution is 2.35. The molecular weight excluding hydrogens is 388 g/mol. The number of hydrogen-bond acceptors (Lipinski definition) is 3. The van der Waals surface area contributed by atoms with Gasteiger partial charge in [-0.2, -0.15) is 0 Å². The van der Waals surface area contributed by atoms with Crippen molar-refractivity contribution in [1.82, 2.24) is 0 Å². The van der Waals surface area contributed by atoms with E-state index in [2.05, 4.69) is 61.6 Å². The number of aliphatic carboxylic acids is 1. The molecule has 0 fully saturated rings. The third-order valence-electron chi connectivity index (χ3n) is 5.19. The number of rotatable bonds is 16. The number of carboxylic acids is 1. The molecule has 0 saturated carbocycles. The Balaban J connectivity index is 4.26. The van der Waals surface area contributed by atoms with Crippen molar-refractivity contribution < 1.29 is 20.1 Å². The van der Waals surface area contributed by atoms with Gasteiger partial charge in [-0.1, -0.05) is 86.8 Å². The van der Waals surface area contributed by atoms with Gasteiger partial charge >= 0.3 is 5.97 Å². The van der Waals surface area contributed by atoms with Gasteiger partial charge in [0.15, 0.2) is 6.29 Å². The van der Waals surface area contributed by atoms with Crippen molar-refractivity contribution in [1.29, 1.82) is 0 Å². The fourth-order valence-corrected chi connectivity index (χ4v) is 3.05. The van der Waals surface area contributed by atoms with Crippen molar-refractivity contribution in [3.05, 3.63) is 72.9 Å². The average molecular weight is 431 g/mol. The summed E-state index contributed by atoms with van der Waals surface area (Å²) in [6.45, 7) is 7.01. The van der Waals surface area contributed by atoms with Gasteiger partial charge in [0.1, 0.15) is 0 Å². The molecule has 0 aromatic carbocycles. The molecule has 174 valence electrons. The molecule has 0 aliphatic rings. The van der Waals surface area contributed by atoms with Gasteiger partial charge in [-0.3, -0.25) is 4.79 Å². The van der Waals surface area contributed by atoms with Crippen LogP contribution in [-0.4, -0.2) is 27.6 Å². The van der Waals surface area contributed by atoms with Crippen LogP contribution in [0.1, 0.15) is 66.2 Å². The molecule has 0 aliphatic carbocycles. The quantitative estimate of drug-likeness (QED) is 0.197. The van der Waals surface area contributed by atoms with Gasteiger partial charge in [0, 0.05) is 5.92 Å². The van der Waals surface area contributed by atoms with Crippen LogP contribution in [0.2, 0.25) is 0 Å². The lowest BCUT2D eigenvalue weighted by atomic mass is 9.72. The van der Waals surface area contributed by atoms with Crippen LogP contribution in [0.3, 0.4) is 0 Å². The Bertz CT molecular complexity index is 648. The molecule has 0 aliphatic heterocycles. The Labute approximate surface area is 189 Å². The average Bonchev–Trinajstić information content (AvgIpc) is 2.72. The summed E-state index contributed by atoms with van der Waals surface area (Å²) in [4.78, 5) is 11.5. The van der Waals surface area contributed by atoms with Crippen molar-refractivity contribution in [3.8, 4) is 0 Å². The topological polar surface area (TPSA) is 77.8 Å². The second-order valence-corrected chi connectivity index (χ2v) is 8.20. The molecule has 4 nitrogen and oxygen atoms in total. The molecule has 31 heavy (non-hydrogen) atoms. The zero-order valence-corrected chi connectivity index (χ0v) is 19.7. The smallest absolute Gasteiger partial charge is 0.309 e. The standard InChI is InChI=1S/C27H42O4/c1-5-6-7-8-9-10-11-12-13-14-15-16-17-18-19-20-21-22-24(23(2)25(28)29)27(3,4)26(30)31/h6-7,9-10,12-13,15-16,18-19,21-25,28-29H,5,8,11,14,17,20H2,1-4H3,(H,30,31). The van der Waals surface area contributed by atoms with E-state index in [4.69, 9.17) is 0 Å². The van der Waals surface area contributed by atoms with E-state index in [1.807, 2.05) is 12.2 Å². The van der Waals surface area contributed by atoms with E-state index in [1.54, 1.807) is 26.8 Å². The van der Waals surface area contributed by atoms with Gasteiger partial charge in [0.2, 0.25) is 0 Å². The first kappa shape index (κ1) is 28.8. The van der Waals surface area contributed by atoms with Crippen LogP contribution in [0.15, 0.2) is 72.9 Å². The first-order valence-electron chi connectivity index (χ1n) is 11.3. The van der Waals surface area contributed by atoms with E-state index >= 15 is 0 Å². The molecule has 0 aromatic rings. The van der Waals surface area contributed by atoms with Crippen LogP contribution in [0.5, 0.6) is 0 Å². The minimum absolute atomic E-state index is 0.479. The second-order valence-electron chi connectivity index (χ2n) is 8.20. The summed E-state index contributed by atoms with van der Waals surface area (Å²) < 4.78 is 0. The van der Waals surface area contributed by atoms with Gasteiger partial charge in [-0.15, -0.1) is 0 Å². The Kier molecular flexibility index (Phi) is 16.3. The van der Waals surface area contributed by atoms with E-state index < -0.39 is 29.5 Å². The van der Waals surface area contributed by atoms with Gasteiger partial charge in [0.25, 0.3) is 0 Å². The number of carboxylic acid groups (broad SMARTS) is 1. The number of carbonyl (C=O) groups is 1. The molecule has 2 atom stereocenters. The Hall–Kier alpha value is -2.17. The van der Waals surface area contributed by atoms with Crippen LogP contribution in [0.4, 0.5) is 0 Å². The lowest BCUT2D eigenvalue weighted by molar-refractivity contribution is -0.154. The molecule has 0 spiro atoms. The van der Waals surface area contributed by atoms with E-state index in [9.17, 15) is 20.1 Å². The maximum Gasteiger partial charge on any atom is 0.309 e. The molecule has 2 unspecified atom stereocenters. The van der Waals surface area contributed by atoms with Crippen LogP contribution in [0, 0.1) is 17.3 Å². The van der Waals surface area contributed by atoms with Crippen molar-refractivity contribution in [2.24, 2.45) is 17.3 Å². The van der Waals surface area contributed by atoms with E-state index in [1.165, 1.54) is 0 Å². The number of allylic oxidation sites excluding steroid dienone is 12. The third kappa shape index (κ3) is 13.7. The van der Waals surface area contributed by atoms with Gasteiger partial charge in [-0.05, 0) is 58.3 Å². The molecule has 0 aromatic heterocycles. The normalized spacial score (nSPS) is 15.7. The zero-order valence-electron chi connectivity index (χ0n) is 19.7. The van der Waals surface area contributed by atoms with Crippen LogP contribution < -0.4 is 0 Å². The van der Waals surface area contributed by atoms with Crippen molar-refractivity contribution in [2.75, 3.05) is 0 Å². The minimum Gasteiger partial charge on any atom is -0.481 e. The summed E-state index contributed by atoms with van der Waals surface area (Å²) in [7, 11) is 0. The maximum absolute atomic E-state index is 11.5. The SMILES string of the molecule is CCC=CCC=CCC=CCC=CCC=CCC=CC(C(C)C(O)O)C(C)(C)C(=O)O. The summed E-state index contributed by atoms with van der Waals surface area (Å²) in [6.07, 6.45) is 29.0. The maximum atomic E-state index is 11.5. The number of hydrogen-bond donors (Lipinski definition) is 3. The molecule has 3 N–H and O–H groups in total. The molecular formula is C27H42O4. The number of aliphatic hydroxyl groups excluding tert-OH is 1. The second kappa shape index (κ2) is 17.5.